The average molecular weight is 332 g/mol. The van der Waals surface area contributed by atoms with Crippen molar-refractivity contribution >= 4 is 51.1 Å². The lowest BCUT2D eigenvalue weighted by Gasteiger charge is -2.21. The van der Waals surface area contributed by atoms with Crippen LogP contribution < -0.4 is 0 Å². The van der Waals surface area contributed by atoms with Crippen LogP contribution in [0.25, 0.3) is 0 Å². The molecule has 17 heavy (non-hydrogen) atoms. The molecular weight excluding hydrogens is 303 g/mol. The van der Waals surface area contributed by atoms with Gasteiger partial charge in [0, 0.05) is 38.4 Å². The standard InChI is InChI=1S/C12H28Cl2SSi2/c1-16(2,3)9-11(13)7-15-8-12(14)10-17(4,5)6/h11-12H,7-10H2,1-6H3. The highest BCUT2D eigenvalue weighted by molar-refractivity contribution is 7.99. The molecule has 0 aliphatic carbocycles. The fourth-order valence-corrected chi connectivity index (χ4v) is 9.33. The van der Waals surface area contributed by atoms with Gasteiger partial charge in [0.15, 0.2) is 0 Å². The minimum atomic E-state index is -1.01. The Morgan fingerprint density at radius 3 is 1.29 bits per heavy atom. The zero-order valence-electron chi connectivity index (χ0n) is 12.1. The Bertz CT molecular complexity index is 190. The molecule has 0 spiro atoms. The fourth-order valence-electron chi connectivity index (χ4n) is 1.77. The highest BCUT2D eigenvalue weighted by atomic mass is 35.5. The molecule has 2 atom stereocenters. The smallest absolute Gasteiger partial charge is 0.0457 e. The van der Waals surface area contributed by atoms with Gasteiger partial charge in [-0.3, -0.25) is 0 Å². The Labute approximate surface area is 124 Å². The molecule has 5 heteroatoms. The van der Waals surface area contributed by atoms with Crippen LogP contribution in [0.4, 0.5) is 0 Å². The maximum atomic E-state index is 6.36. The summed E-state index contributed by atoms with van der Waals surface area (Å²) in [6.45, 7) is 14.3. The van der Waals surface area contributed by atoms with Crippen molar-refractivity contribution in [3.8, 4) is 0 Å². The third-order valence-corrected chi connectivity index (χ3v) is 8.48. The summed E-state index contributed by atoms with van der Waals surface area (Å²) in [6, 6.07) is 2.42. The first-order valence-electron chi connectivity index (χ1n) is 6.35. The molecule has 0 aromatic carbocycles. The second-order valence-electron chi connectivity index (χ2n) is 7.26. The number of alkyl halides is 2. The van der Waals surface area contributed by atoms with Gasteiger partial charge >= 0.3 is 0 Å². The van der Waals surface area contributed by atoms with Gasteiger partial charge in [0.25, 0.3) is 0 Å². The van der Waals surface area contributed by atoms with Gasteiger partial charge in [0.05, 0.1) is 0 Å². The summed E-state index contributed by atoms with van der Waals surface area (Å²) < 4.78 is 0. The van der Waals surface area contributed by atoms with Crippen LogP contribution in [0.3, 0.4) is 0 Å². The Hall–Kier alpha value is 1.36. The van der Waals surface area contributed by atoms with E-state index in [0.29, 0.717) is 10.8 Å². The summed E-state index contributed by atoms with van der Waals surface area (Å²) in [5.41, 5.74) is 0. The molecule has 0 aromatic rings. The number of halogens is 2. The van der Waals surface area contributed by atoms with Crippen molar-refractivity contribution in [2.75, 3.05) is 11.5 Å². The van der Waals surface area contributed by atoms with Gasteiger partial charge in [-0.15, -0.1) is 23.2 Å². The summed E-state index contributed by atoms with van der Waals surface area (Å²) in [5, 5.41) is 0.671. The van der Waals surface area contributed by atoms with Crippen LogP contribution in [0.5, 0.6) is 0 Å². The first-order chi connectivity index (χ1) is 7.49. The lowest BCUT2D eigenvalue weighted by atomic mass is 10.5. The lowest BCUT2D eigenvalue weighted by Crippen LogP contribution is -2.26. The SMILES string of the molecule is C[Si](C)(C)CC(Cl)CSCC(Cl)C[Si](C)(C)C. The molecule has 0 amide bonds. The van der Waals surface area contributed by atoms with E-state index in [2.05, 4.69) is 39.3 Å². The molecule has 0 aliphatic rings. The largest absolute Gasteiger partial charge is 0.159 e. The van der Waals surface area contributed by atoms with Gasteiger partial charge in [0.1, 0.15) is 0 Å². The highest BCUT2D eigenvalue weighted by Crippen LogP contribution is 2.23. The van der Waals surface area contributed by atoms with E-state index in [9.17, 15) is 0 Å². The minimum absolute atomic E-state index is 0.336. The molecule has 0 rings (SSSR count). The van der Waals surface area contributed by atoms with Gasteiger partial charge in [-0.05, 0) is 12.1 Å². The quantitative estimate of drug-likeness (QED) is 0.411. The molecule has 0 aliphatic heterocycles. The molecule has 0 heterocycles. The fraction of sp³-hybridized carbons (Fsp3) is 1.00. The predicted octanol–water partition coefficient (Wildman–Crippen LogP) is 5.61. The van der Waals surface area contributed by atoms with Gasteiger partial charge < -0.3 is 0 Å². The minimum Gasteiger partial charge on any atom is -0.159 e. The van der Waals surface area contributed by atoms with E-state index in [-0.39, 0.29) is 0 Å². The molecule has 0 saturated heterocycles. The summed E-state index contributed by atoms with van der Waals surface area (Å²) in [5.74, 6) is 2.11. The van der Waals surface area contributed by atoms with Gasteiger partial charge in [-0.2, -0.15) is 11.8 Å². The number of hydrogen-bond acceptors (Lipinski definition) is 1. The van der Waals surface area contributed by atoms with Gasteiger partial charge in [-0.1, -0.05) is 39.3 Å². The van der Waals surface area contributed by atoms with Crippen molar-refractivity contribution in [2.45, 2.75) is 62.1 Å². The van der Waals surface area contributed by atoms with Crippen LogP contribution in [-0.4, -0.2) is 38.4 Å². The van der Waals surface area contributed by atoms with Crippen molar-refractivity contribution in [2.24, 2.45) is 0 Å². The van der Waals surface area contributed by atoms with Crippen LogP contribution in [0, 0.1) is 0 Å². The van der Waals surface area contributed by atoms with E-state index in [1.165, 1.54) is 12.1 Å². The normalized spacial score (nSPS) is 16.9. The molecule has 0 saturated carbocycles. The van der Waals surface area contributed by atoms with E-state index >= 15 is 0 Å². The Balaban J connectivity index is 3.70. The first-order valence-corrected chi connectivity index (χ1v) is 15.8. The maximum Gasteiger partial charge on any atom is 0.0457 e. The monoisotopic (exact) mass is 330 g/mol. The molecule has 0 radical (unpaired) electrons. The van der Waals surface area contributed by atoms with E-state index in [0.717, 1.165) is 11.5 Å². The lowest BCUT2D eigenvalue weighted by molar-refractivity contribution is 1.05. The zero-order chi connectivity index (χ0) is 13.7. The van der Waals surface area contributed by atoms with Crippen molar-refractivity contribution in [3.63, 3.8) is 0 Å². The molecule has 0 nitrogen and oxygen atoms in total. The van der Waals surface area contributed by atoms with E-state index < -0.39 is 16.1 Å². The number of thioether (sulfide) groups is 1. The molecule has 2 unspecified atom stereocenters. The summed E-state index contributed by atoms with van der Waals surface area (Å²) in [4.78, 5) is 0. The van der Waals surface area contributed by atoms with Crippen LogP contribution in [0.1, 0.15) is 0 Å². The predicted molar refractivity (Wildman–Crippen MR) is 92.9 cm³/mol. The second-order valence-corrected chi connectivity index (χ2v) is 20.6. The van der Waals surface area contributed by atoms with E-state index in [1.54, 1.807) is 0 Å². The van der Waals surface area contributed by atoms with Crippen molar-refractivity contribution in [1.82, 2.24) is 0 Å². The van der Waals surface area contributed by atoms with Gasteiger partial charge in [0.2, 0.25) is 0 Å². The van der Waals surface area contributed by atoms with Crippen molar-refractivity contribution in [3.05, 3.63) is 0 Å². The second kappa shape index (κ2) is 7.83. The molecule has 0 bridgehead atoms. The Kier molecular flexibility index (Phi) is 8.46. The van der Waals surface area contributed by atoms with E-state index in [4.69, 9.17) is 23.2 Å². The highest BCUT2D eigenvalue weighted by Gasteiger charge is 2.21. The molecule has 0 fully saturated rings. The van der Waals surface area contributed by atoms with Crippen LogP contribution >= 0.6 is 35.0 Å². The Morgan fingerprint density at radius 1 is 0.765 bits per heavy atom. The van der Waals surface area contributed by atoms with Crippen molar-refractivity contribution < 1.29 is 0 Å². The number of rotatable bonds is 8. The summed E-state index contributed by atoms with van der Waals surface area (Å²) in [7, 11) is -2.01. The first kappa shape index (κ1) is 18.4. The topological polar surface area (TPSA) is 0 Å². The van der Waals surface area contributed by atoms with Gasteiger partial charge in [-0.25, -0.2) is 0 Å². The molecule has 104 valence electrons. The summed E-state index contributed by atoms with van der Waals surface area (Å²) in [6.07, 6.45) is 0. The molecule has 0 N–H and O–H groups in total. The maximum absolute atomic E-state index is 6.36. The third kappa shape index (κ3) is 13.6. The van der Waals surface area contributed by atoms with E-state index in [1.807, 2.05) is 11.8 Å². The summed E-state index contributed by atoms with van der Waals surface area (Å²) >= 11 is 14.7. The molecule has 0 aromatic heterocycles. The zero-order valence-corrected chi connectivity index (χ0v) is 16.5. The van der Waals surface area contributed by atoms with Crippen LogP contribution in [0.15, 0.2) is 0 Å². The Morgan fingerprint density at radius 2 is 1.06 bits per heavy atom. The van der Waals surface area contributed by atoms with Crippen LogP contribution in [-0.2, 0) is 0 Å². The molecular formula is C12H28Cl2SSi2. The third-order valence-electron chi connectivity index (χ3n) is 2.27. The number of hydrogen-bond donors (Lipinski definition) is 0. The van der Waals surface area contributed by atoms with Crippen molar-refractivity contribution in [1.29, 1.82) is 0 Å². The average Bonchev–Trinajstić information content (AvgIpc) is 1.95. The van der Waals surface area contributed by atoms with Crippen LogP contribution in [0.2, 0.25) is 51.4 Å².